The molecule has 6 fully saturated rings. The van der Waals surface area contributed by atoms with Crippen LogP contribution in [0.25, 0.3) is 0 Å². The van der Waals surface area contributed by atoms with Crippen molar-refractivity contribution in [2.45, 2.75) is 167 Å². The summed E-state index contributed by atoms with van der Waals surface area (Å²) >= 11 is 0. The molecule has 296 valence electrons. The normalized spacial score (nSPS) is 42.7. The number of hydrogen-bond donors (Lipinski definition) is 2. The smallest absolute Gasteiger partial charge is 0.190 e. The van der Waals surface area contributed by atoms with Crippen molar-refractivity contribution in [2.75, 3.05) is 6.61 Å². The van der Waals surface area contributed by atoms with Crippen LogP contribution in [0.2, 0.25) is 0 Å². The van der Waals surface area contributed by atoms with Crippen molar-refractivity contribution in [3.63, 3.8) is 0 Å². The third-order valence-electron chi connectivity index (χ3n) is 14.3. The number of aliphatic hydroxyl groups is 2. The summed E-state index contributed by atoms with van der Waals surface area (Å²) in [7, 11) is 0. The predicted molar refractivity (Wildman–Crippen MR) is 189 cm³/mol. The molecule has 0 aromatic carbocycles. The molecule has 2 N–H and O–H groups in total. The van der Waals surface area contributed by atoms with Crippen molar-refractivity contribution in [2.24, 2.45) is 28.6 Å². The fourth-order valence-corrected chi connectivity index (χ4v) is 11.6. The summed E-state index contributed by atoms with van der Waals surface area (Å²) in [5.74, 6) is 0.199. The van der Waals surface area contributed by atoms with Crippen molar-refractivity contribution in [1.82, 2.24) is 30.0 Å². The highest BCUT2D eigenvalue weighted by Gasteiger charge is 2.65. The lowest BCUT2D eigenvalue weighted by molar-refractivity contribution is -0.236. The zero-order valence-electron chi connectivity index (χ0n) is 32.3. The Morgan fingerprint density at radius 2 is 1.65 bits per heavy atom. The lowest BCUT2D eigenvalue weighted by Gasteiger charge is -2.59. The number of carbonyl (C=O) groups is 1. The van der Waals surface area contributed by atoms with Crippen molar-refractivity contribution >= 4 is 5.78 Å². The Hall–Kier alpha value is -2.63. The Balaban J connectivity index is 0.819. The van der Waals surface area contributed by atoms with Crippen LogP contribution in [0.15, 0.2) is 24.0 Å². The molecule has 0 bridgehead atoms. The molecule has 3 saturated heterocycles. The lowest BCUT2D eigenvalue weighted by Crippen LogP contribution is -2.53. The zero-order chi connectivity index (χ0) is 37.8. The maximum Gasteiger partial charge on any atom is 0.190 e. The third-order valence-corrected chi connectivity index (χ3v) is 14.3. The van der Waals surface area contributed by atoms with Crippen LogP contribution in [0.1, 0.15) is 104 Å². The van der Waals surface area contributed by atoms with Crippen LogP contribution in [0.3, 0.4) is 0 Å². The molecule has 3 aliphatic heterocycles. The quantitative estimate of drug-likeness (QED) is 0.381. The van der Waals surface area contributed by atoms with Gasteiger partial charge in [0.1, 0.15) is 41.4 Å². The van der Waals surface area contributed by atoms with Gasteiger partial charge >= 0.3 is 0 Å². The molecular formula is C39H56N6O9. The molecule has 2 aromatic rings. The van der Waals surface area contributed by atoms with Gasteiger partial charge in [0.15, 0.2) is 23.6 Å². The van der Waals surface area contributed by atoms with Crippen LogP contribution in [-0.4, -0.2) is 101 Å². The highest BCUT2D eigenvalue weighted by atomic mass is 16.8. The number of ketones is 1. The predicted octanol–water partition coefficient (Wildman–Crippen LogP) is 3.56. The average molecular weight is 753 g/mol. The summed E-state index contributed by atoms with van der Waals surface area (Å²) < 4.78 is 39.9. The Kier molecular flexibility index (Phi) is 8.87. The van der Waals surface area contributed by atoms with E-state index >= 15 is 0 Å². The van der Waals surface area contributed by atoms with Gasteiger partial charge in [-0.25, -0.2) is 9.36 Å². The van der Waals surface area contributed by atoms with Crippen LogP contribution in [0, 0.1) is 28.6 Å². The molecule has 9 rings (SSSR count). The van der Waals surface area contributed by atoms with Crippen molar-refractivity contribution in [3.05, 3.63) is 35.4 Å². The molecule has 0 spiro atoms. The van der Waals surface area contributed by atoms with Gasteiger partial charge in [-0.15, -0.1) is 10.2 Å². The van der Waals surface area contributed by atoms with E-state index in [1.54, 1.807) is 15.6 Å². The molecule has 15 nitrogen and oxygen atoms in total. The number of nitrogens with zero attached hydrogens (tertiary/aromatic N) is 6. The van der Waals surface area contributed by atoms with E-state index in [9.17, 15) is 15.0 Å². The average Bonchev–Trinajstić information content (AvgIpc) is 3.95. The second-order valence-corrected chi connectivity index (χ2v) is 18.4. The van der Waals surface area contributed by atoms with Crippen molar-refractivity contribution in [3.8, 4) is 0 Å². The summed E-state index contributed by atoms with van der Waals surface area (Å²) in [4.78, 5) is 12.3. The van der Waals surface area contributed by atoms with E-state index in [0.717, 1.165) is 38.5 Å². The molecule has 5 unspecified atom stereocenters. The SMILES string of the molecule is CC1(C)OCC(C2OC3OC(C)(C)OC3[C@H]2OCc2cn(CC(O)Cn3cc([C@]4(O)CC[C@H]5[C@@H]6CCC7=CC(=O)CC[C@]7(C)[C@H]6CC[C@@]54C)nn3)nn2)O1. The number of fused-ring (bicyclic) bond motifs is 6. The minimum absolute atomic E-state index is 0.0862. The summed E-state index contributed by atoms with van der Waals surface area (Å²) in [5.41, 5.74) is 1.21. The fourth-order valence-electron chi connectivity index (χ4n) is 11.6. The van der Waals surface area contributed by atoms with E-state index in [-0.39, 0.29) is 42.4 Å². The first-order valence-corrected chi connectivity index (χ1v) is 19.9. The molecule has 0 amide bonds. The van der Waals surface area contributed by atoms with Gasteiger partial charge in [0.25, 0.3) is 0 Å². The number of carbonyl (C=O) groups excluding carboxylic acids is 1. The Bertz CT molecular complexity index is 1790. The first-order valence-electron chi connectivity index (χ1n) is 19.9. The van der Waals surface area contributed by atoms with Crippen LogP contribution in [-0.2, 0) is 58.5 Å². The van der Waals surface area contributed by atoms with Crippen molar-refractivity contribution in [1.29, 1.82) is 0 Å². The Labute approximate surface area is 316 Å². The van der Waals surface area contributed by atoms with E-state index < -0.39 is 47.9 Å². The second kappa shape index (κ2) is 12.9. The van der Waals surface area contributed by atoms with E-state index in [4.69, 9.17) is 28.4 Å². The Morgan fingerprint density at radius 3 is 2.43 bits per heavy atom. The largest absolute Gasteiger partial charge is 0.389 e. The number of aliphatic hydroxyl groups excluding tert-OH is 1. The molecule has 54 heavy (non-hydrogen) atoms. The minimum Gasteiger partial charge on any atom is -0.389 e. The number of aromatic nitrogens is 6. The molecule has 12 atom stereocenters. The van der Waals surface area contributed by atoms with Crippen LogP contribution in [0.5, 0.6) is 0 Å². The first-order chi connectivity index (χ1) is 25.6. The molecule has 2 aromatic heterocycles. The molecular weight excluding hydrogens is 696 g/mol. The molecule has 4 aliphatic carbocycles. The van der Waals surface area contributed by atoms with Gasteiger partial charge in [-0.1, -0.05) is 29.8 Å². The summed E-state index contributed by atoms with van der Waals surface area (Å²) in [6, 6.07) is 0. The molecule has 0 radical (unpaired) electrons. The first kappa shape index (κ1) is 37.0. The second-order valence-electron chi connectivity index (χ2n) is 18.4. The van der Waals surface area contributed by atoms with Gasteiger partial charge in [0, 0.05) is 11.8 Å². The summed E-state index contributed by atoms with van der Waals surface area (Å²) in [6.07, 6.45) is 9.54. The van der Waals surface area contributed by atoms with Gasteiger partial charge in [-0.05, 0) is 102 Å². The standard InChI is InChI=1S/C39H56N6O9/c1-35(2)50-21-29(52-35)31-32(33-34(51-31)54-36(3,4)53-33)49-20-23-16-44(42-40-23)17-25(47)18-45-19-30(41-43-45)39(48)14-11-28-26-8-7-22-15-24(46)9-12-37(22,5)27(26)10-13-38(28,39)6/h15-16,19,25-29,31-34,47-48H,7-14,17-18,20-21H2,1-6H3/t25?,26-,27+,28+,29?,31?,32+,33?,34?,37+,38+,39-/m1/s1. The zero-order valence-corrected chi connectivity index (χ0v) is 32.3. The van der Waals surface area contributed by atoms with Crippen LogP contribution < -0.4 is 0 Å². The minimum atomic E-state index is -1.09. The van der Waals surface area contributed by atoms with Crippen LogP contribution >= 0.6 is 0 Å². The van der Waals surface area contributed by atoms with Gasteiger partial charge < -0.3 is 38.6 Å². The fraction of sp³-hybridized carbons (Fsp3) is 0.821. The summed E-state index contributed by atoms with van der Waals surface area (Å²) in [5, 5.41) is 40.9. The van der Waals surface area contributed by atoms with E-state index in [1.165, 1.54) is 5.57 Å². The van der Waals surface area contributed by atoms with Crippen molar-refractivity contribution < 1.29 is 43.4 Å². The Morgan fingerprint density at radius 1 is 0.889 bits per heavy atom. The molecule has 7 aliphatic rings. The summed E-state index contributed by atoms with van der Waals surface area (Å²) in [6.45, 7) is 12.9. The maximum absolute atomic E-state index is 12.4. The topological polar surface area (TPSA) is 174 Å². The monoisotopic (exact) mass is 752 g/mol. The molecule has 5 heterocycles. The lowest BCUT2D eigenvalue weighted by atomic mass is 9.46. The van der Waals surface area contributed by atoms with E-state index in [0.29, 0.717) is 48.6 Å². The maximum atomic E-state index is 12.4. The highest BCUT2D eigenvalue weighted by molar-refractivity contribution is 5.91. The van der Waals surface area contributed by atoms with Crippen LogP contribution in [0.4, 0.5) is 0 Å². The third kappa shape index (κ3) is 6.12. The van der Waals surface area contributed by atoms with Gasteiger partial charge in [-0.2, -0.15) is 0 Å². The van der Waals surface area contributed by atoms with Gasteiger partial charge in [0.05, 0.1) is 44.8 Å². The highest BCUT2D eigenvalue weighted by Crippen LogP contribution is 2.69. The number of rotatable bonds is 9. The van der Waals surface area contributed by atoms with Gasteiger partial charge in [0.2, 0.25) is 0 Å². The molecule has 15 heteroatoms. The van der Waals surface area contributed by atoms with E-state index in [2.05, 4.69) is 34.5 Å². The molecule has 3 saturated carbocycles. The number of allylic oxidation sites excluding steroid dienone is 1. The number of hydrogen-bond acceptors (Lipinski definition) is 13. The number of ether oxygens (including phenoxy) is 6. The van der Waals surface area contributed by atoms with Gasteiger partial charge in [-0.3, -0.25) is 4.79 Å². The van der Waals surface area contributed by atoms with E-state index in [1.807, 2.05) is 40.0 Å².